The molecule has 1 aromatic rings. The zero-order chi connectivity index (χ0) is 13.0. The fourth-order valence-electron chi connectivity index (χ4n) is 0.943. The Balaban J connectivity index is 3.17. The van der Waals surface area contributed by atoms with Gasteiger partial charge in [-0.3, -0.25) is 0 Å². The molecule has 8 nitrogen and oxygen atoms in total. The van der Waals surface area contributed by atoms with Gasteiger partial charge in [-0.2, -0.15) is 0 Å². The third kappa shape index (κ3) is 3.86. The van der Waals surface area contributed by atoms with Crippen molar-refractivity contribution in [3.8, 4) is 11.5 Å². The fraction of sp³-hybridized carbons (Fsp3) is 0. The van der Waals surface area contributed by atoms with Crippen molar-refractivity contribution in [3.05, 3.63) is 21.8 Å². The van der Waals surface area contributed by atoms with Gasteiger partial charge in [0, 0.05) is 6.07 Å². The minimum absolute atomic E-state index is 0.237. The topological polar surface area (TPSA) is 127 Å². The summed E-state index contributed by atoms with van der Waals surface area (Å²) in [5, 5.41) is 16.7. The molecular formula is C8H5IO8. The van der Waals surface area contributed by atoms with E-state index in [9.17, 15) is 15.7 Å². The van der Waals surface area contributed by atoms with E-state index >= 15 is 0 Å². The largest absolute Gasteiger partial charge is 0.511 e. The van der Waals surface area contributed by atoms with E-state index in [-0.39, 0.29) is 11.5 Å². The number of carboxylic acid groups (broad SMARTS) is 2. The first-order valence-electron chi connectivity index (χ1n) is 3.91. The lowest BCUT2D eigenvalue weighted by molar-refractivity contribution is 0.141. The lowest BCUT2D eigenvalue weighted by Crippen LogP contribution is -2.06. The number of hydrogen-bond donors (Lipinski definition) is 2. The van der Waals surface area contributed by atoms with Crippen LogP contribution in [0.3, 0.4) is 0 Å². The molecule has 1 aromatic carbocycles. The van der Waals surface area contributed by atoms with Crippen molar-refractivity contribution < 1.29 is 35.4 Å². The van der Waals surface area contributed by atoms with Crippen LogP contribution in [0.5, 0.6) is 11.5 Å². The highest BCUT2D eigenvalue weighted by molar-refractivity contribution is 14.2. The second-order valence-electron chi connectivity index (χ2n) is 2.55. The van der Waals surface area contributed by atoms with Crippen LogP contribution in [-0.2, 0) is 6.14 Å². The summed E-state index contributed by atoms with van der Waals surface area (Å²) in [5.74, 6) is -0.621. The van der Waals surface area contributed by atoms with Crippen molar-refractivity contribution in [2.24, 2.45) is 0 Å². The summed E-state index contributed by atoms with van der Waals surface area (Å²) < 4.78 is 29.8. The second kappa shape index (κ2) is 5.43. The van der Waals surface area contributed by atoms with Crippen molar-refractivity contribution in [2.45, 2.75) is 0 Å². The lowest BCUT2D eigenvalue weighted by atomic mass is 10.3. The van der Waals surface area contributed by atoms with Gasteiger partial charge in [0.15, 0.2) is 5.75 Å². The molecule has 9 heteroatoms. The Morgan fingerprint density at radius 3 is 2.12 bits per heavy atom. The summed E-state index contributed by atoms with van der Waals surface area (Å²) in [6, 6.07) is 2.97. The van der Waals surface area contributed by atoms with Crippen LogP contribution in [0, 0.1) is 3.57 Å². The highest BCUT2D eigenvalue weighted by atomic mass is 127. The predicted molar refractivity (Wildman–Crippen MR) is 57.8 cm³/mol. The van der Waals surface area contributed by atoms with E-state index in [4.69, 9.17) is 10.2 Å². The molecule has 0 aromatic heterocycles. The van der Waals surface area contributed by atoms with Gasteiger partial charge in [0.2, 0.25) is 0 Å². The molecule has 0 radical (unpaired) electrons. The Bertz CT molecular complexity index is 524. The molecule has 0 amide bonds. The Morgan fingerprint density at radius 1 is 1.06 bits per heavy atom. The molecule has 1 rings (SSSR count). The van der Waals surface area contributed by atoms with Gasteiger partial charge in [0.05, 0.1) is 0 Å². The molecule has 0 heterocycles. The van der Waals surface area contributed by atoms with Crippen LogP contribution in [0.2, 0.25) is 0 Å². The average Bonchev–Trinajstić information content (AvgIpc) is 2.18. The summed E-state index contributed by atoms with van der Waals surface area (Å²) in [4.78, 5) is 20.5. The van der Waals surface area contributed by atoms with Gasteiger partial charge in [-0.1, -0.05) is 0 Å². The van der Waals surface area contributed by atoms with Crippen LogP contribution in [0.1, 0.15) is 0 Å². The second-order valence-corrected chi connectivity index (χ2v) is 4.95. The maximum absolute atomic E-state index is 10.9. The van der Waals surface area contributed by atoms with Gasteiger partial charge >= 0.3 is 32.1 Å². The smallest absolute Gasteiger partial charge is 0.449 e. The molecule has 0 aliphatic rings. The summed E-state index contributed by atoms with van der Waals surface area (Å²) in [5.41, 5.74) is 0. The Labute approximate surface area is 101 Å². The van der Waals surface area contributed by atoms with Crippen LogP contribution >= 0.6 is 19.8 Å². The molecule has 0 aliphatic heterocycles. The van der Waals surface area contributed by atoms with Crippen LogP contribution in [0.4, 0.5) is 9.59 Å². The van der Waals surface area contributed by atoms with Crippen molar-refractivity contribution >= 4 is 32.1 Å². The van der Waals surface area contributed by atoms with E-state index in [2.05, 4.69) is 9.47 Å². The highest BCUT2D eigenvalue weighted by Gasteiger charge is 2.14. The van der Waals surface area contributed by atoms with Crippen molar-refractivity contribution in [3.63, 3.8) is 0 Å². The summed E-state index contributed by atoms with van der Waals surface area (Å²) >= 11 is -4.03. The van der Waals surface area contributed by atoms with E-state index in [1.807, 2.05) is 0 Å². The predicted octanol–water partition coefficient (Wildman–Crippen LogP) is 2.17. The summed E-state index contributed by atoms with van der Waals surface area (Å²) in [6.45, 7) is 0. The zero-order valence-electron chi connectivity index (χ0n) is 7.95. The number of rotatable bonds is 3. The first kappa shape index (κ1) is 13.2. The van der Waals surface area contributed by atoms with E-state index in [0.29, 0.717) is 0 Å². The Morgan fingerprint density at radius 2 is 1.65 bits per heavy atom. The molecule has 0 aliphatic carbocycles. The third-order valence-corrected chi connectivity index (χ3v) is 3.26. The normalized spacial score (nSPS) is 9.94. The quantitative estimate of drug-likeness (QED) is 0.479. The van der Waals surface area contributed by atoms with E-state index < -0.39 is 35.7 Å². The van der Waals surface area contributed by atoms with Crippen LogP contribution in [0.15, 0.2) is 18.2 Å². The van der Waals surface area contributed by atoms with E-state index in [1.54, 1.807) is 0 Å². The Kier molecular flexibility index (Phi) is 4.20. The number of carbonyl (C=O) groups is 2. The minimum atomic E-state index is -4.03. The maximum atomic E-state index is 10.9. The fourth-order valence-corrected chi connectivity index (χ4v) is 2.23. The van der Waals surface area contributed by atoms with Gasteiger partial charge < -0.3 is 19.7 Å². The van der Waals surface area contributed by atoms with Crippen molar-refractivity contribution in [1.29, 1.82) is 0 Å². The van der Waals surface area contributed by atoms with Crippen LogP contribution in [0.25, 0.3) is 0 Å². The number of benzene rings is 1. The summed E-state index contributed by atoms with van der Waals surface area (Å²) in [6.07, 6.45) is -3.28. The van der Waals surface area contributed by atoms with Gasteiger partial charge in [-0.25, -0.2) is 15.7 Å². The van der Waals surface area contributed by atoms with Crippen molar-refractivity contribution in [1.82, 2.24) is 0 Å². The first-order chi connectivity index (χ1) is 7.90. The Hall–Kier alpha value is -1.91. The average molecular weight is 356 g/mol. The molecule has 0 fully saturated rings. The van der Waals surface area contributed by atoms with Crippen LogP contribution < -0.4 is 9.47 Å². The molecule has 0 atom stereocenters. The number of halogens is 1. The van der Waals surface area contributed by atoms with Gasteiger partial charge in [0.1, 0.15) is 9.32 Å². The number of ether oxygens (including phenoxy) is 2. The highest BCUT2D eigenvalue weighted by Crippen LogP contribution is 2.31. The maximum Gasteiger partial charge on any atom is 0.511 e. The molecule has 0 saturated carbocycles. The molecule has 17 heavy (non-hydrogen) atoms. The van der Waals surface area contributed by atoms with E-state index in [0.717, 1.165) is 18.2 Å². The van der Waals surface area contributed by atoms with E-state index in [1.165, 1.54) is 0 Å². The lowest BCUT2D eigenvalue weighted by Gasteiger charge is -2.04. The minimum Gasteiger partial charge on any atom is -0.449 e. The standard InChI is InChI=1S/C8H5IO8/c10-7(11)16-4-1-2-6(17-8(12)13)5(3-4)9(14)15/h1-3H,(H,10,11)(H,12,13). The zero-order valence-corrected chi connectivity index (χ0v) is 10.1. The van der Waals surface area contributed by atoms with Crippen LogP contribution in [-0.4, -0.2) is 22.5 Å². The molecule has 0 spiro atoms. The molecule has 0 saturated heterocycles. The monoisotopic (exact) mass is 356 g/mol. The van der Waals surface area contributed by atoms with Gasteiger partial charge in [-0.15, -0.1) is 0 Å². The van der Waals surface area contributed by atoms with Gasteiger partial charge in [-0.05, 0) is 12.1 Å². The number of hydrogen-bond acceptors (Lipinski definition) is 6. The van der Waals surface area contributed by atoms with Crippen molar-refractivity contribution in [2.75, 3.05) is 0 Å². The first-order valence-corrected chi connectivity index (χ1v) is 6.75. The van der Waals surface area contributed by atoms with Gasteiger partial charge in [0.25, 0.3) is 0 Å². The molecule has 2 N–H and O–H groups in total. The molecule has 0 bridgehead atoms. The molecule has 92 valence electrons. The molecule has 0 unspecified atom stereocenters. The summed E-state index contributed by atoms with van der Waals surface area (Å²) in [7, 11) is 0. The molecular weight excluding hydrogens is 351 g/mol. The third-order valence-electron chi connectivity index (χ3n) is 1.47. The SMILES string of the molecule is O=C(O)Oc1ccc(OC(=O)O)c(I(=O)=O)c1.